The molecule has 2 atom stereocenters. The molecule has 1 saturated carbocycles. The van der Waals surface area contributed by atoms with E-state index in [9.17, 15) is 0 Å². The number of hydrogen-bond acceptors (Lipinski definition) is 6. The van der Waals surface area contributed by atoms with E-state index in [1.165, 1.54) is 25.8 Å². The van der Waals surface area contributed by atoms with Crippen molar-refractivity contribution >= 4 is 32.7 Å². The van der Waals surface area contributed by atoms with E-state index in [1.807, 2.05) is 6.07 Å². The molecule has 1 aliphatic carbocycles. The molecule has 1 N–H and O–H groups in total. The maximum Gasteiger partial charge on any atom is 0.204 e. The zero-order valence-electron chi connectivity index (χ0n) is 15.2. The van der Waals surface area contributed by atoms with E-state index in [0.29, 0.717) is 29.5 Å². The van der Waals surface area contributed by atoms with Gasteiger partial charge in [0.05, 0.1) is 23.4 Å². The number of anilines is 1. The summed E-state index contributed by atoms with van der Waals surface area (Å²) in [6, 6.07) is 4.93. The normalized spacial score (nSPS) is 31.1. The van der Waals surface area contributed by atoms with Crippen molar-refractivity contribution < 1.29 is 9.15 Å². The van der Waals surface area contributed by atoms with Crippen LogP contribution in [0.3, 0.4) is 0 Å². The van der Waals surface area contributed by atoms with E-state index in [-0.39, 0.29) is 0 Å². The molecule has 0 aromatic carbocycles. The highest BCUT2D eigenvalue weighted by Crippen LogP contribution is 2.35. The first-order chi connectivity index (χ1) is 13.2. The first-order valence-corrected chi connectivity index (χ1v) is 10.6. The molecule has 7 heteroatoms. The van der Waals surface area contributed by atoms with Crippen LogP contribution in [0.2, 0.25) is 0 Å². The van der Waals surface area contributed by atoms with E-state index in [4.69, 9.17) is 14.4 Å². The molecule has 4 heterocycles. The van der Waals surface area contributed by atoms with Gasteiger partial charge in [-0.1, -0.05) is 0 Å². The third-order valence-electron chi connectivity index (χ3n) is 6.27. The second kappa shape index (κ2) is 7.08. The van der Waals surface area contributed by atoms with Crippen LogP contribution < -0.4 is 5.32 Å². The summed E-state index contributed by atoms with van der Waals surface area (Å²) in [5.74, 6) is 1.89. The summed E-state index contributed by atoms with van der Waals surface area (Å²) in [7, 11) is 0. The SMILES string of the molecule is N#Cc1cc2c(Br)c(NC3CCC(N4CC5COC(C5)C4)CC3)ncc2o1. The smallest absolute Gasteiger partial charge is 0.204 e. The molecule has 142 valence electrons. The van der Waals surface area contributed by atoms with Crippen LogP contribution >= 0.6 is 15.9 Å². The molecule has 2 unspecified atom stereocenters. The van der Waals surface area contributed by atoms with E-state index in [0.717, 1.165) is 47.6 Å². The van der Waals surface area contributed by atoms with Crippen molar-refractivity contribution in [3.63, 3.8) is 0 Å². The molecule has 0 amide bonds. The average molecular weight is 431 g/mol. The molecule has 2 aromatic heterocycles. The second-order valence-corrected chi connectivity index (χ2v) is 8.87. The highest BCUT2D eigenvalue weighted by atomic mass is 79.9. The number of halogens is 1. The molecular weight excluding hydrogens is 408 g/mol. The number of pyridine rings is 1. The third kappa shape index (κ3) is 3.35. The predicted molar refractivity (Wildman–Crippen MR) is 106 cm³/mol. The molecule has 27 heavy (non-hydrogen) atoms. The van der Waals surface area contributed by atoms with Crippen molar-refractivity contribution in [1.29, 1.82) is 5.26 Å². The third-order valence-corrected chi connectivity index (χ3v) is 7.08. The zero-order chi connectivity index (χ0) is 18.4. The van der Waals surface area contributed by atoms with Gasteiger partial charge in [0.15, 0.2) is 5.58 Å². The fourth-order valence-corrected chi connectivity index (χ4v) is 5.44. The van der Waals surface area contributed by atoms with Gasteiger partial charge in [-0.2, -0.15) is 5.26 Å². The van der Waals surface area contributed by atoms with Crippen LogP contribution in [0.1, 0.15) is 37.9 Å². The average Bonchev–Trinajstić information content (AvgIpc) is 3.27. The van der Waals surface area contributed by atoms with Gasteiger partial charge >= 0.3 is 0 Å². The molecule has 2 saturated heterocycles. The van der Waals surface area contributed by atoms with Gasteiger partial charge in [0.25, 0.3) is 0 Å². The van der Waals surface area contributed by atoms with E-state index in [1.54, 1.807) is 12.3 Å². The number of piperidine rings is 1. The van der Waals surface area contributed by atoms with Gasteiger partial charge < -0.3 is 14.5 Å². The van der Waals surface area contributed by atoms with Crippen molar-refractivity contribution in [2.45, 2.75) is 50.3 Å². The maximum atomic E-state index is 9.02. The summed E-state index contributed by atoms with van der Waals surface area (Å²) in [4.78, 5) is 7.17. The van der Waals surface area contributed by atoms with Crippen LogP contribution in [0.25, 0.3) is 11.0 Å². The molecule has 2 bridgehead atoms. The van der Waals surface area contributed by atoms with Gasteiger partial charge in [-0.3, -0.25) is 4.90 Å². The zero-order valence-corrected chi connectivity index (χ0v) is 16.7. The van der Waals surface area contributed by atoms with Gasteiger partial charge in [-0.25, -0.2) is 4.98 Å². The number of aromatic nitrogens is 1. The number of nitrogens with zero attached hydrogens (tertiary/aromatic N) is 3. The van der Waals surface area contributed by atoms with Crippen LogP contribution in [-0.2, 0) is 4.74 Å². The number of nitrogens with one attached hydrogen (secondary N) is 1. The molecule has 5 rings (SSSR count). The molecule has 0 radical (unpaired) electrons. The molecular formula is C20H23BrN4O2. The number of hydrogen-bond donors (Lipinski definition) is 1. The highest BCUT2D eigenvalue weighted by molar-refractivity contribution is 9.10. The van der Waals surface area contributed by atoms with Crippen molar-refractivity contribution in [2.24, 2.45) is 5.92 Å². The van der Waals surface area contributed by atoms with Gasteiger partial charge in [0, 0.05) is 36.6 Å². The largest absolute Gasteiger partial charge is 0.444 e. The maximum absolute atomic E-state index is 9.02. The fraction of sp³-hybridized carbons (Fsp3) is 0.600. The second-order valence-electron chi connectivity index (χ2n) is 8.08. The van der Waals surface area contributed by atoms with Crippen molar-refractivity contribution in [3.8, 4) is 6.07 Å². The molecule has 3 aliphatic rings. The Hall–Kier alpha value is -1.62. The number of likely N-dealkylation sites (tertiary alicyclic amines) is 1. The van der Waals surface area contributed by atoms with Crippen LogP contribution in [0.15, 0.2) is 21.2 Å². The van der Waals surface area contributed by atoms with E-state index >= 15 is 0 Å². The number of nitriles is 1. The van der Waals surface area contributed by atoms with Gasteiger partial charge in [-0.05, 0) is 54.0 Å². The van der Waals surface area contributed by atoms with Crippen molar-refractivity contribution in [1.82, 2.24) is 9.88 Å². The Morgan fingerprint density at radius 1 is 1.26 bits per heavy atom. The van der Waals surface area contributed by atoms with Crippen LogP contribution in [0, 0.1) is 17.2 Å². The number of ether oxygens (including phenoxy) is 1. The molecule has 3 fully saturated rings. The van der Waals surface area contributed by atoms with Crippen LogP contribution in [0.5, 0.6) is 0 Å². The lowest BCUT2D eigenvalue weighted by molar-refractivity contribution is 0.0551. The molecule has 6 nitrogen and oxygen atoms in total. The Balaban J connectivity index is 1.22. The van der Waals surface area contributed by atoms with Crippen molar-refractivity contribution in [2.75, 3.05) is 25.0 Å². The molecule has 0 spiro atoms. The fourth-order valence-electron chi connectivity index (χ4n) is 4.91. The summed E-state index contributed by atoms with van der Waals surface area (Å²) in [6.45, 7) is 3.29. The van der Waals surface area contributed by atoms with Crippen LogP contribution in [0.4, 0.5) is 5.82 Å². The number of fused-ring (bicyclic) bond motifs is 3. The minimum atomic E-state index is 0.310. The number of furan rings is 1. The monoisotopic (exact) mass is 430 g/mol. The van der Waals surface area contributed by atoms with Crippen LogP contribution in [-0.4, -0.2) is 47.8 Å². The Morgan fingerprint density at radius 2 is 2.11 bits per heavy atom. The lowest BCUT2D eigenvalue weighted by atomic mass is 9.88. The topological polar surface area (TPSA) is 74.3 Å². The predicted octanol–water partition coefficient (Wildman–Crippen LogP) is 3.91. The highest BCUT2D eigenvalue weighted by Gasteiger charge is 2.37. The summed E-state index contributed by atoms with van der Waals surface area (Å²) in [5, 5.41) is 13.5. The summed E-state index contributed by atoms with van der Waals surface area (Å²) < 4.78 is 12.2. The Labute approximate surface area is 167 Å². The first kappa shape index (κ1) is 17.5. The van der Waals surface area contributed by atoms with Gasteiger partial charge in [0.1, 0.15) is 11.9 Å². The van der Waals surface area contributed by atoms with Gasteiger partial charge in [0.2, 0.25) is 5.76 Å². The Bertz CT molecular complexity index is 872. The lowest BCUT2D eigenvalue weighted by Crippen LogP contribution is -2.47. The lowest BCUT2D eigenvalue weighted by Gasteiger charge is -2.40. The minimum Gasteiger partial charge on any atom is -0.444 e. The summed E-state index contributed by atoms with van der Waals surface area (Å²) in [6.07, 6.45) is 8.18. The Kier molecular flexibility index (Phi) is 4.58. The van der Waals surface area contributed by atoms with Gasteiger partial charge in [-0.15, -0.1) is 0 Å². The summed E-state index contributed by atoms with van der Waals surface area (Å²) >= 11 is 3.63. The quantitative estimate of drug-likeness (QED) is 0.795. The number of rotatable bonds is 3. The van der Waals surface area contributed by atoms with E-state index < -0.39 is 0 Å². The molecule has 2 aliphatic heterocycles. The minimum absolute atomic E-state index is 0.310. The van der Waals surface area contributed by atoms with Crippen molar-refractivity contribution in [3.05, 3.63) is 22.5 Å². The summed E-state index contributed by atoms with van der Waals surface area (Å²) in [5.41, 5.74) is 0.634. The van der Waals surface area contributed by atoms with E-state index in [2.05, 4.69) is 31.1 Å². The Morgan fingerprint density at radius 3 is 2.89 bits per heavy atom. The molecule has 2 aromatic rings. The first-order valence-electron chi connectivity index (χ1n) is 9.80. The standard InChI is InChI=1S/C20H23BrN4O2/c21-19-17-6-15(7-22)27-18(17)8-23-20(19)24-13-1-3-14(4-2-13)25-9-12-5-16(10-25)26-11-12/h6,8,12-14,16H,1-5,9-11H2,(H,23,24).